The summed E-state index contributed by atoms with van der Waals surface area (Å²) in [4.78, 5) is 12.8. The number of amides is 1. The van der Waals surface area contributed by atoms with Gasteiger partial charge in [-0.3, -0.25) is 4.79 Å². The van der Waals surface area contributed by atoms with Gasteiger partial charge in [-0.05, 0) is 13.8 Å². The summed E-state index contributed by atoms with van der Waals surface area (Å²) in [5, 5.41) is 16.7. The van der Waals surface area contributed by atoms with Gasteiger partial charge in [0.05, 0.1) is 18.6 Å². The molecule has 0 aromatic rings. The molecule has 0 unspecified atom stereocenters. The zero-order chi connectivity index (χ0) is 10.3. The largest absolute Gasteiger partial charge is 0.338 e. The van der Waals surface area contributed by atoms with Crippen molar-refractivity contribution in [2.24, 2.45) is 0 Å². The molecule has 0 heterocycles. The fourth-order valence-electron chi connectivity index (χ4n) is 1.01. The number of hydrogen-bond acceptors (Lipinski definition) is 3. The van der Waals surface area contributed by atoms with E-state index in [0.717, 1.165) is 0 Å². The SMILES string of the molecule is CC(C)N(CCC#N)C(=O)CC#N. The Morgan fingerprint density at radius 1 is 1.38 bits per heavy atom. The Morgan fingerprint density at radius 3 is 2.38 bits per heavy atom. The highest BCUT2D eigenvalue weighted by molar-refractivity contribution is 5.78. The van der Waals surface area contributed by atoms with Gasteiger partial charge in [-0.15, -0.1) is 0 Å². The average molecular weight is 179 g/mol. The van der Waals surface area contributed by atoms with Crippen LogP contribution in [0.15, 0.2) is 0 Å². The lowest BCUT2D eigenvalue weighted by atomic mass is 10.2. The zero-order valence-corrected chi connectivity index (χ0v) is 7.95. The van der Waals surface area contributed by atoms with Crippen molar-refractivity contribution in [2.45, 2.75) is 32.7 Å². The molecule has 0 spiro atoms. The Morgan fingerprint density at radius 2 is 2.00 bits per heavy atom. The number of hydrogen-bond donors (Lipinski definition) is 0. The van der Waals surface area contributed by atoms with E-state index in [1.807, 2.05) is 19.9 Å². The van der Waals surface area contributed by atoms with E-state index in [9.17, 15) is 4.79 Å². The molecular weight excluding hydrogens is 166 g/mol. The molecule has 0 aromatic carbocycles. The molecule has 4 nitrogen and oxygen atoms in total. The van der Waals surface area contributed by atoms with Gasteiger partial charge >= 0.3 is 0 Å². The minimum absolute atomic E-state index is 0.0502. The molecule has 0 atom stereocenters. The first-order valence-electron chi connectivity index (χ1n) is 4.16. The van der Waals surface area contributed by atoms with Gasteiger partial charge in [-0.1, -0.05) is 0 Å². The van der Waals surface area contributed by atoms with Crippen LogP contribution < -0.4 is 0 Å². The van der Waals surface area contributed by atoms with Crippen molar-refractivity contribution >= 4 is 5.91 Å². The van der Waals surface area contributed by atoms with Crippen molar-refractivity contribution in [2.75, 3.05) is 6.54 Å². The molecule has 0 aliphatic heterocycles. The number of carbonyl (C=O) groups excluding carboxylic acids is 1. The second-order valence-corrected chi connectivity index (χ2v) is 2.92. The summed E-state index contributed by atoms with van der Waals surface area (Å²) in [6, 6.07) is 3.83. The zero-order valence-electron chi connectivity index (χ0n) is 7.95. The second-order valence-electron chi connectivity index (χ2n) is 2.92. The van der Waals surface area contributed by atoms with Crippen LogP contribution in [0.4, 0.5) is 0 Å². The van der Waals surface area contributed by atoms with Crippen molar-refractivity contribution in [3.63, 3.8) is 0 Å². The number of nitriles is 2. The molecule has 0 N–H and O–H groups in total. The van der Waals surface area contributed by atoms with E-state index < -0.39 is 0 Å². The van der Waals surface area contributed by atoms with Gasteiger partial charge in [0.1, 0.15) is 6.42 Å². The van der Waals surface area contributed by atoms with E-state index in [1.165, 1.54) is 0 Å². The molecule has 0 aliphatic carbocycles. The smallest absolute Gasteiger partial charge is 0.237 e. The topological polar surface area (TPSA) is 67.9 Å². The molecule has 0 fully saturated rings. The predicted octanol–water partition coefficient (Wildman–Crippen LogP) is 1.05. The molecule has 0 saturated carbocycles. The Bertz CT molecular complexity index is 247. The van der Waals surface area contributed by atoms with Gasteiger partial charge in [0.2, 0.25) is 5.91 Å². The lowest BCUT2D eigenvalue weighted by molar-refractivity contribution is -0.131. The third kappa shape index (κ3) is 4.12. The van der Waals surface area contributed by atoms with Crippen molar-refractivity contribution in [1.29, 1.82) is 10.5 Å². The number of carbonyl (C=O) groups is 1. The lowest BCUT2D eigenvalue weighted by Crippen LogP contribution is -2.37. The maximum atomic E-state index is 11.3. The van der Waals surface area contributed by atoms with Crippen molar-refractivity contribution in [1.82, 2.24) is 4.90 Å². The number of nitrogens with zero attached hydrogens (tertiary/aromatic N) is 3. The monoisotopic (exact) mass is 179 g/mol. The second kappa shape index (κ2) is 6.02. The first kappa shape index (κ1) is 11.4. The maximum absolute atomic E-state index is 11.3. The van der Waals surface area contributed by atoms with E-state index in [-0.39, 0.29) is 18.4 Å². The summed E-state index contributed by atoms with van der Waals surface area (Å²) in [6.45, 7) is 4.15. The number of rotatable bonds is 4. The average Bonchev–Trinajstić information content (AvgIpc) is 2.05. The fourth-order valence-corrected chi connectivity index (χ4v) is 1.01. The Balaban J connectivity index is 4.19. The summed E-state index contributed by atoms with van der Waals surface area (Å²) in [7, 11) is 0. The van der Waals surface area contributed by atoms with E-state index in [1.54, 1.807) is 11.0 Å². The standard InChI is InChI=1S/C9H13N3O/c1-8(2)12(7-3-5-10)9(13)4-6-11/h8H,3-4,7H2,1-2H3. The van der Waals surface area contributed by atoms with Crippen molar-refractivity contribution < 1.29 is 4.79 Å². The first-order valence-corrected chi connectivity index (χ1v) is 4.16. The third-order valence-corrected chi connectivity index (χ3v) is 1.64. The maximum Gasteiger partial charge on any atom is 0.237 e. The molecule has 0 radical (unpaired) electrons. The van der Waals surface area contributed by atoms with Crippen LogP contribution in [0.3, 0.4) is 0 Å². The molecule has 0 aliphatic rings. The minimum Gasteiger partial charge on any atom is -0.338 e. The molecule has 4 heteroatoms. The van der Waals surface area contributed by atoms with Gasteiger partial charge in [-0.25, -0.2) is 0 Å². The van der Waals surface area contributed by atoms with Gasteiger partial charge < -0.3 is 4.90 Å². The molecule has 0 saturated heterocycles. The van der Waals surface area contributed by atoms with Gasteiger partial charge in [0, 0.05) is 12.6 Å². The minimum atomic E-state index is -0.201. The van der Waals surface area contributed by atoms with Crippen LogP contribution in [0.25, 0.3) is 0 Å². The highest BCUT2D eigenvalue weighted by Gasteiger charge is 2.15. The molecule has 0 rings (SSSR count). The summed E-state index contributed by atoms with van der Waals surface area (Å²) in [5.41, 5.74) is 0. The molecular formula is C9H13N3O. The van der Waals surface area contributed by atoms with Crippen molar-refractivity contribution in [3.05, 3.63) is 0 Å². The summed E-state index contributed by atoms with van der Waals surface area (Å²) < 4.78 is 0. The highest BCUT2D eigenvalue weighted by Crippen LogP contribution is 2.02. The Kier molecular flexibility index (Phi) is 5.30. The normalized spacial score (nSPS) is 9.00. The lowest BCUT2D eigenvalue weighted by Gasteiger charge is -2.24. The summed E-state index contributed by atoms with van der Waals surface area (Å²) >= 11 is 0. The van der Waals surface area contributed by atoms with Crippen LogP contribution >= 0.6 is 0 Å². The van der Waals surface area contributed by atoms with Crippen LogP contribution in [0.5, 0.6) is 0 Å². The van der Waals surface area contributed by atoms with Gasteiger partial charge in [-0.2, -0.15) is 10.5 Å². The van der Waals surface area contributed by atoms with Crippen LogP contribution in [0.2, 0.25) is 0 Å². The van der Waals surface area contributed by atoms with Crippen LogP contribution in [-0.2, 0) is 4.79 Å². The molecule has 13 heavy (non-hydrogen) atoms. The van der Waals surface area contributed by atoms with E-state index >= 15 is 0 Å². The highest BCUT2D eigenvalue weighted by atomic mass is 16.2. The third-order valence-electron chi connectivity index (χ3n) is 1.64. The molecule has 1 amide bonds. The van der Waals surface area contributed by atoms with Crippen LogP contribution in [-0.4, -0.2) is 23.4 Å². The Labute approximate surface area is 78.4 Å². The van der Waals surface area contributed by atoms with Crippen molar-refractivity contribution in [3.8, 4) is 12.1 Å². The molecule has 70 valence electrons. The molecule has 0 bridgehead atoms. The fraction of sp³-hybridized carbons (Fsp3) is 0.667. The van der Waals surface area contributed by atoms with Crippen LogP contribution in [0, 0.1) is 22.7 Å². The van der Waals surface area contributed by atoms with Gasteiger partial charge in [0.15, 0.2) is 0 Å². The first-order chi connectivity index (χ1) is 6.13. The van der Waals surface area contributed by atoms with Crippen LogP contribution in [0.1, 0.15) is 26.7 Å². The van der Waals surface area contributed by atoms with E-state index in [4.69, 9.17) is 10.5 Å². The predicted molar refractivity (Wildman–Crippen MR) is 47.3 cm³/mol. The quantitative estimate of drug-likeness (QED) is 0.647. The van der Waals surface area contributed by atoms with E-state index in [2.05, 4.69) is 0 Å². The van der Waals surface area contributed by atoms with E-state index in [0.29, 0.717) is 13.0 Å². The summed E-state index contributed by atoms with van der Waals surface area (Å²) in [6.07, 6.45) is 0.207. The molecule has 0 aromatic heterocycles. The Hall–Kier alpha value is -1.55. The summed E-state index contributed by atoms with van der Waals surface area (Å²) in [5.74, 6) is -0.201. The van der Waals surface area contributed by atoms with Gasteiger partial charge in [0.25, 0.3) is 0 Å².